The third kappa shape index (κ3) is 3.37. The number of phenolic OH excluding ortho intramolecular Hbond substituents is 1. The lowest BCUT2D eigenvalue weighted by atomic mass is 10.2. The third-order valence-corrected chi connectivity index (χ3v) is 2.77. The van der Waals surface area contributed by atoms with E-state index in [9.17, 15) is 20.0 Å². The van der Waals surface area contributed by atoms with Gasteiger partial charge in [-0.1, -0.05) is 6.07 Å². The molecule has 0 atom stereocenters. The minimum Gasteiger partial charge on any atom is -0.502 e. The lowest BCUT2D eigenvalue weighted by Gasteiger charge is -2.02. The number of nitro benzene ring substituents is 1. The van der Waals surface area contributed by atoms with E-state index in [1.165, 1.54) is 48.7 Å². The molecule has 0 aliphatic carbocycles. The highest BCUT2D eigenvalue weighted by Gasteiger charge is 2.14. The molecular weight excluding hydrogens is 290 g/mol. The smallest absolute Gasteiger partial charge is 0.335 e. The van der Waals surface area contributed by atoms with Gasteiger partial charge in [-0.25, -0.2) is 4.79 Å². The van der Waals surface area contributed by atoms with Crippen LogP contribution in [-0.2, 0) is 0 Å². The maximum absolute atomic E-state index is 10.7. The largest absolute Gasteiger partial charge is 0.502 e. The Kier molecular flexibility index (Phi) is 4.33. The summed E-state index contributed by atoms with van der Waals surface area (Å²) in [5, 5.41) is 33.0. The molecule has 2 aromatic carbocycles. The monoisotopic (exact) mass is 301 g/mol. The molecule has 0 aliphatic rings. The second-order valence-corrected chi connectivity index (χ2v) is 4.22. The molecule has 0 saturated carbocycles. The Bertz CT molecular complexity index is 741. The SMILES string of the molecule is O=C(O)c1ccc(N/N=C\c2cccc([N+](=O)[O-])c2O)cc1. The van der Waals surface area contributed by atoms with E-state index in [0.29, 0.717) is 5.69 Å². The minimum atomic E-state index is -1.03. The highest BCUT2D eigenvalue weighted by molar-refractivity contribution is 5.88. The van der Waals surface area contributed by atoms with Gasteiger partial charge in [0.2, 0.25) is 5.75 Å². The van der Waals surface area contributed by atoms with Gasteiger partial charge in [0, 0.05) is 11.6 Å². The fourth-order valence-electron chi connectivity index (χ4n) is 1.66. The number of nitrogens with one attached hydrogen (secondary N) is 1. The van der Waals surface area contributed by atoms with E-state index in [2.05, 4.69) is 10.5 Å². The number of hydrazone groups is 1. The van der Waals surface area contributed by atoms with Crippen LogP contribution < -0.4 is 5.43 Å². The van der Waals surface area contributed by atoms with E-state index in [1.807, 2.05) is 0 Å². The molecule has 0 saturated heterocycles. The van der Waals surface area contributed by atoms with Crippen LogP contribution in [0, 0.1) is 10.1 Å². The van der Waals surface area contributed by atoms with Gasteiger partial charge in [-0.15, -0.1) is 0 Å². The zero-order valence-corrected chi connectivity index (χ0v) is 11.1. The summed E-state index contributed by atoms with van der Waals surface area (Å²) >= 11 is 0. The van der Waals surface area contributed by atoms with Gasteiger partial charge in [0.05, 0.1) is 22.4 Å². The molecule has 8 heteroatoms. The van der Waals surface area contributed by atoms with Crippen LogP contribution in [0.25, 0.3) is 0 Å². The Morgan fingerprint density at radius 2 is 1.91 bits per heavy atom. The second-order valence-electron chi connectivity index (χ2n) is 4.22. The maximum atomic E-state index is 10.7. The van der Waals surface area contributed by atoms with Crippen molar-refractivity contribution in [2.75, 3.05) is 5.43 Å². The molecule has 0 aromatic heterocycles. The van der Waals surface area contributed by atoms with Gasteiger partial charge in [0.1, 0.15) is 0 Å². The van der Waals surface area contributed by atoms with E-state index in [-0.39, 0.29) is 11.1 Å². The van der Waals surface area contributed by atoms with Crippen molar-refractivity contribution in [3.63, 3.8) is 0 Å². The average molecular weight is 301 g/mol. The molecule has 0 bridgehead atoms. The van der Waals surface area contributed by atoms with Crippen LogP contribution in [0.3, 0.4) is 0 Å². The highest BCUT2D eigenvalue weighted by atomic mass is 16.6. The third-order valence-electron chi connectivity index (χ3n) is 2.77. The van der Waals surface area contributed by atoms with Crippen LogP contribution in [0.15, 0.2) is 47.6 Å². The van der Waals surface area contributed by atoms with E-state index in [1.54, 1.807) is 0 Å². The molecule has 2 rings (SSSR count). The second kappa shape index (κ2) is 6.35. The van der Waals surface area contributed by atoms with Crippen LogP contribution in [0.1, 0.15) is 15.9 Å². The fourth-order valence-corrected chi connectivity index (χ4v) is 1.66. The van der Waals surface area contributed by atoms with E-state index in [4.69, 9.17) is 5.11 Å². The molecule has 3 N–H and O–H groups in total. The highest BCUT2D eigenvalue weighted by Crippen LogP contribution is 2.27. The maximum Gasteiger partial charge on any atom is 0.335 e. The minimum absolute atomic E-state index is 0.144. The number of para-hydroxylation sites is 1. The number of nitro groups is 1. The molecule has 0 fully saturated rings. The molecule has 8 nitrogen and oxygen atoms in total. The van der Waals surface area contributed by atoms with Crippen LogP contribution >= 0.6 is 0 Å². The zero-order valence-electron chi connectivity index (χ0n) is 11.1. The first kappa shape index (κ1) is 15.0. The van der Waals surface area contributed by atoms with E-state index in [0.717, 1.165) is 0 Å². The summed E-state index contributed by atoms with van der Waals surface area (Å²) in [6, 6.07) is 9.95. The molecule has 0 spiro atoms. The number of carbonyl (C=O) groups is 1. The summed E-state index contributed by atoms with van der Waals surface area (Å²) in [6.07, 6.45) is 1.23. The molecule has 0 unspecified atom stereocenters. The first-order valence-corrected chi connectivity index (χ1v) is 6.08. The van der Waals surface area contributed by atoms with Gasteiger partial charge in [-0.05, 0) is 30.3 Å². The van der Waals surface area contributed by atoms with Crippen molar-refractivity contribution < 1.29 is 19.9 Å². The van der Waals surface area contributed by atoms with Crippen molar-refractivity contribution in [1.82, 2.24) is 0 Å². The molecule has 2 aromatic rings. The first-order chi connectivity index (χ1) is 10.5. The number of hydrogen-bond acceptors (Lipinski definition) is 6. The van der Waals surface area contributed by atoms with Gasteiger partial charge in [0.25, 0.3) is 0 Å². The summed E-state index contributed by atoms with van der Waals surface area (Å²) in [5.74, 6) is -1.50. The zero-order chi connectivity index (χ0) is 16.1. The summed E-state index contributed by atoms with van der Waals surface area (Å²) in [6.45, 7) is 0. The first-order valence-electron chi connectivity index (χ1n) is 6.08. The van der Waals surface area contributed by atoms with Gasteiger partial charge in [-0.3, -0.25) is 15.5 Å². The predicted octanol–water partition coefficient (Wildman–Crippen LogP) is 2.44. The number of aromatic carboxylic acids is 1. The van der Waals surface area contributed by atoms with Gasteiger partial charge >= 0.3 is 11.7 Å². The van der Waals surface area contributed by atoms with Crippen LogP contribution in [0.4, 0.5) is 11.4 Å². The number of benzene rings is 2. The van der Waals surface area contributed by atoms with E-state index < -0.39 is 22.3 Å². The normalized spacial score (nSPS) is 10.5. The molecule has 0 aliphatic heterocycles. The van der Waals surface area contributed by atoms with Gasteiger partial charge in [-0.2, -0.15) is 5.10 Å². The number of nitrogens with zero attached hydrogens (tertiary/aromatic N) is 2. The number of carboxylic acids is 1. The van der Waals surface area contributed by atoms with Crippen molar-refractivity contribution in [3.05, 3.63) is 63.7 Å². The van der Waals surface area contributed by atoms with Crippen molar-refractivity contribution in [3.8, 4) is 5.75 Å². The van der Waals surface area contributed by atoms with Crippen molar-refractivity contribution in [1.29, 1.82) is 0 Å². The standard InChI is InChI=1S/C14H11N3O5/c18-13-10(2-1-3-12(13)17(21)22)8-15-16-11-6-4-9(5-7-11)14(19)20/h1-8,16,18H,(H,19,20)/b15-8-. The van der Waals surface area contributed by atoms with Crippen molar-refractivity contribution in [2.45, 2.75) is 0 Å². The number of anilines is 1. The lowest BCUT2D eigenvalue weighted by molar-refractivity contribution is -0.385. The molecule has 0 radical (unpaired) electrons. The number of phenols is 1. The summed E-state index contributed by atoms with van der Waals surface area (Å²) in [5.41, 5.74) is 3.09. The van der Waals surface area contributed by atoms with Crippen LogP contribution in [0.2, 0.25) is 0 Å². The van der Waals surface area contributed by atoms with Crippen molar-refractivity contribution >= 4 is 23.6 Å². The number of hydrogen-bond donors (Lipinski definition) is 3. The Morgan fingerprint density at radius 1 is 1.23 bits per heavy atom. The Hall–Kier alpha value is -3.42. The van der Waals surface area contributed by atoms with E-state index >= 15 is 0 Å². The quantitative estimate of drug-likeness (QED) is 0.442. The number of carboxylic acid groups (broad SMARTS) is 1. The van der Waals surface area contributed by atoms with Crippen molar-refractivity contribution in [2.24, 2.45) is 5.10 Å². The Labute approximate surface area is 124 Å². The Morgan fingerprint density at radius 3 is 2.50 bits per heavy atom. The van der Waals surface area contributed by atoms with Gasteiger partial charge < -0.3 is 10.2 Å². The predicted molar refractivity (Wildman–Crippen MR) is 79.4 cm³/mol. The summed E-state index contributed by atoms with van der Waals surface area (Å²) < 4.78 is 0. The van der Waals surface area contributed by atoms with Crippen LogP contribution in [0.5, 0.6) is 5.75 Å². The molecule has 0 amide bonds. The average Bonchev–Trinajstić information content (AvgIpc) is 2.49. The molecular formula is C14H11N3O5. The molecule has 0 heterocycles. The molecule has 22 heavy (non-hydrogen) atoms. The summed E-state index contributed by atoms with van der Waals surface area (Å²) in [7, 11) is 0. The Balaban J connectivity index is 2.11. The van der Waals surface area contributed by atoms with Crippen LogP contribution in [-0.4, -0.2) is 27.3 Å². The topological polar surface area (TPSA) is 125 Å². The lowest BCUT2D eigenvalue weighted by Crippen LogP contribution is -1.97. The fraction of sp³-hybridized carbons (Fsp3) is 0. The molecule has 112 valence electrons. The summed E-state index contributed by atoms with van der Waals surface area (Å²) in [4.78, 5) is 20.7. The van der Waals surface area contributed by atoms with Gasteiger partial charge in [0.15, 0.2) is 0 Å². The number of aromatic hydroxyl groups is 1. The number of rotatable bonds is 5.